The van der Waals surface area contributed by atoms with Crippen LogP contribution in [0.1, 0.15) is 31.9 Å². The molecule has 0 fully saturated rings. The zero-order chi connectivity index (χ0) is 14.4. The lowest BCUT2D eigenvalue weighted by molar-refractivity contribution is -0.144. The van der Waals surface area contributed by atoms with E-state index in [4.69, 9.17) is 5.11 Å². The van der Waals surface area contributed by atoms with Crippen LogP contribution in [-0.2, 0) is 9.59 Å². The smallest absolute Gasteiger partial charge is 0.305 e. The largest absolute Gasteiger partial charge is 0.481 e. The highest BCUT2D eigenvalue weighted by atomic mass is 16.4. The van der Waals surface area contributed by atoms with Gasteiger partial charge in [0.2, 0.25) is 0 Å². The highest BCUT2D eigenvalue weighted by Gasteiger charge is 2.25. The minimum atomic E-state index is -1.25. The van der Waals surface area contributed by atoms with E-state index < -0.39 is 18.0 Å². The number of rotatable bonds is 6. The van der Waals surface area contributed by atoms with E-state index in [0.29, 0.717) is 5.56 Å². The molecule has 0 saturated carbocycles. The average molecular weight is 265 g/mol. The van der Waals surface area contributed by atoms with Crippen LogP contribution in [0.4, 0.5) is 0 Å². The third-order valence-corrected chi connectivity index (χ3v) is 2.82. The first-order valence-electron chi connectivity index (χ1n) is 6.18. The van der Waals surface area contributed by atoms with Gasteiger partial charge in [-0.15, -0.1) is 0 Å². The maximum atomic E-state index is 12.2. The van der Waals surface area contributed by atoms with Gasteiger partial charge in [-0.05, 0) is 19.4 Å². The third-order valence-electron chi connectivity index (χ3n) is 2.82. The van der Waals surface area contributed by atoms with Crippen LogP contribution in [0, 0.1) is 0 Å². The molecule has 1 atom stereocenters. The summed E-state index contributed by atoms with van der Waals surface area (Å²) >= 11 is 0. The molecule has 5 nitrogen and oxygen atoms in total. The van der Waals surface area contributed by atoms with Crippen molar-refractivity contribution in [3.63, 3.8) is 0 Å². The van der Waals surface area contributed by atoms with Gasteiger partial charge < -0.3 is 15.1 Å². The van der Waals surface area contributed by atoms with Crippen molar-refractivity contribution in [2.24, 2.45) is 0 Å². The van der Waals surface area contributed by atoms with Crippen molar-refractivity contribution in [2.75, 3.05) is 6.54 Å². The molecular weight excluding hydrogens is 246 g/mol. The minimum absolute atomic E-state index is 0.0930. The Balaban J connectivity index is 2.79. The summed E-state index contributed by atoms with van der Waals surface area (Å²) in [6, 6.07) is 8.44. The molecule has 1 aromatic rings. The number of aliphatic hydroxyl groups is 1. The first-order valence-corrected chi connectivity index (χ1v) is 6.18. The molecule has 0 radical (unpaired) electrons. The standard InChI is InChI=1S/C14H19NO4/c1-10(2)15(9-8-12(16)17)14(19)13(18)11-6-4-3-5-7-11/h3-7,10,13,18H,8-9H2,1-2H3,(H,16,17). The zero-order valence-electron chi connectivity index (χ0n) is 11.1. The molecule has 0 aliphatic heterocycles. The Morgan fingerprint density at radius 3 is 2.26 bits per heavy atom. The topological polar surface area (TPSA) is 77.8 Å². The van der Waals surface area contributed by atoms with Crippen molar-refractivity contribution in [1.29, 1.82) is 0 Å². The number of aliphatic hydroxyl groups excluding tert-OH is 1. The molecule has 1 unspecified atom stereocenters. The van der Waals surface area contributed by atoms with Crippen LogP contribution >= 0.6 is 0 Å². The zero-order valence-corrected chi connectivity index (χ0v) is 11.1. The molecule has 2 N–H and O–H groups in total. The molecule has 0 aliphatic rings. The van der Waals surface area contributed by atoms with Gasteiger partial charge >= 0.3 is 5.97 Å². The lowest BCUT2D eigenvalue weighted by Crippen LogP contribution is -2.41. The summed E-state index contributed by atoms with van der Waals surface area (Å²) in [5.41, 5.74) is 0.508. The van der Waals surface area contributed by atoms with Crippen molar-refractivity contribution in [1.82, 2.24) is 4.90 Å². The highest BCUT2D eigenvalue weighted by Crippen LogP contribution is 2.17. The molecule has 1 aromatic carbocycles. The Hall–Kier alpha value is -1.88. The first kappa shape index (κ1) is 15.2. The van der Waals surface area contributed by atoms with E-state index in [-0.39, 0.29) is 19.0 Å². The molecular formula is C14H19NO4. The van der Waals surface area contributed by atoms with Gasteiger partial charge in [0.25, 0.3) is 5.91 Å². The number of hydrogen-bond donors (Lipinski definition) is 2. The summed E-state index contributed by atoms with van der Waals surface area (Å²) in [6.07, 6.45) is -1.39. The van der Waals surface area contributed by atoms with Crippen LogP contribution < -0.4 is 0 Å². The molecule has 5 heteroatoms. The number of carbonyl (C=O) groups excluding carboxylic acids is 1. The van der Waals surface area contributed by atoms with Gasteiger partial charge in [0.1, 0.15) is 0 Å². The summed E-state index contributed by atoms with van der Waals surface area (Å²) < 4.78 is 0. The number of amides is 1. The van der Waals surface area contributed by atoms with Crippen molar-refractivity contribution in [3.05, 3.63) is 35.9 Å². The Morgan fingerprint density at radius 1 is 1.21 bits per heavy atom. The SMILES string of the molecule is CC(C)N(CCC(=O)O)C(=O)C(O)c1ccccc1. The molecule has 0 bridgehead atoms. The lowest BCUT2D eigenvalue weighted by atomic mass is 10.1. The Kier molecular flexibility index (Phi) is 5.51. The van der Waals surface area contributed by atoms with E-state index in [2.05, 4.69) is 0 Å². The molecule has 0 aromatic heterocycles. The van der Waals surface area contributed by atoms with Gasteiger partial charge in [0, 0.05) is 12.6 Å². The third kappa shape index (κ3) is 4.37. The number of carboxylic acid groups (broad SMARTS) is 1. The van der Waals surface area contributed by atoms with Crippen LogP contribution in [0.15, 0.2) is 30.3 Å². The molecule has 0 saturated heterocycles. The van der Waals surface area contributed by atoms with Crippen LogP contribution in [0.3, 0.4) is 0 Å². The monoisotopic (exact) mass is 265 g/mol. The van der Waals surface area contributed by atoms with E-state index in [1.807, 2.05) is 0 Å². The van der Waals surface area contributed by atoms with E-state index in [1.54, 1.807) is 44.2 Å². The Bertz CT molecular complexity index is 430. The number of carbonyl (C=O) groups is 2. The van der Waals surface area contributed by atoms with E-state index in [9.17, 15) is 14.7 Å². The van der Waals surface area contributed by atoms with E-state index in [1.165, 1.54) is 4.90 Å². The quantitative estimate of drug-likeness (QED) is 0.815. The Morgan fingerprint density at radius 2 is 1.79 bits per heavy atom. The van der Waals surface area contributed by atoms with Gasteiger partial charge in [-0.2, -0.15) is 0 Å². The molecule has 0 heterocycles. The van der Waals surface area contributed by atoms with Crippen molar-refractivity contribution >= 4 is 11.9 Å². The molecule has 0 spiro atoms. The second-order valence-corrected chi connectivity index (χ2v) is 4.58. The summed E-state index contributed by atoms with van der Waals surface area (Å²) in [4.78, 5) is 24.1. The van der Waals surface area contributed by atoms with Crippen LogP contribution in [-0.4, -0.2) is 39.6 Å². The number of carboxylic acids is 1. The van der Waals surface area contributed by atoms with Gasteiger partial charge in [-0.25, -0.2) is 0 Å². The summed E-state index contributed by atoms with van der Waals surface area (Å²) in [6.45, 7) is 3.67. The second-order valence-electron chi connectivity index (χ2n) is 4.58. The van der Waals surface area contributed by atoms with Crippen molar-refractivity contribution < 1.29 is 19.8 Å². The van der Waals surface area contributed by atoms with Crippen LogP contribution in [0.2, 0.25) is 0 Å². The Labute approximate surface area is 112 Å². The van der Waals surface area contributed by atoms with Crippen molar-refractivity contribution in [3.8, 4) is 0 Å². The predicted molar refractivity (Wildman–Crippen MR) is 70.5 cm³/mol. The number of aliphatic carboxylic acids is 1. The number of nitrogens with zero attached hydrogens (tertiary/aromatic N) is 1. The van der Waals surface area contributed by atoms with Gasteiger partial charge in [0.15, 0.2) is 6.10 Å². The predicted octanol–water partition coefficient (Wildman–Crippen LogP) is 1.43. The fraction of sp³-hybridized carbons (Fsp3) is 0.429. The number of hydrogen-bond acceptors (Lipinski definition) is 3. The fourth-order valence-electron chi connectivity index (χ4n) is 1.77. The average Bonchev–Trinajstić information content (AvgIpc) is 2.38. The maximum absolute atomic E-state index is 12.2. The van der Waals surface area contributed by atoms with Crippen LogP contribution in [0.5, 0.6) is 0 Å². The summed E-state index contributed by atoms with van der Waals surface area (Å²) in [7, 11) is 0. The molecule has 104 valence electrons. The second kappa shape index (κ2) is 6.89. The highest BCUT2D eigenvalue weighted by molar-refractivity contribution is 5.82. The maximum Gasteiger partial charge on any atom is 0.305 e. The van der Waals surface area contributed by atoms with Crippen molar-refractivity contribution in [2.45, 2.75) is 32.4 Å². The van der Waals surface area contributed by atoms with Gasteiger partial charge in [-0.3, -0.25) is 9.59 Å². The van der Waals surface area contributed by atoms with E-state index >= 15 is 0 Å². The van der Waals surface area contributed by atoms with E-state index in [0.717, 1.165) is 0 Å². The first-order chi connectivity index (χ1) is 8.93. The molecule has 1 rings (SSSR count). The fourth-order valence-corrected chi connectivity index (χ4v) is 1.77. The molecule has 1 amide bonds. The summed E-state index contributed by atoms with van der Waals surface area (Å²) in [5, 5.41) is 18.7. The van der Waals surface area contributed by atoms with Gasteiger partial charge in [0.05, 0.1) is 6.42 Å². The lowest BCUT2D eigenvalue weighted by Gasteiger charge is -2.28. The number of benzene rings is 1. The minimum Gasteiger partial charge on any atom is -0.481 e. The summed E-state index contributed by atoms with van der Waals surface area (Å²) in [5.74, 6) is -1.44. The normalized spacial score (nSPS) is 12.2. The molecule has 0 aliphatic carbocycles. The van der Waals surface area contributed by atoms with Gasteiger partial charge in [-0.1, -0.05) is 30.3 Å². The molecule has 19 heavy (non-hydrogen) atoms. The van der Waals surface area contributed by atoms with Crippen LogP contribution in [0.25, 0.3) is 0 Å².